The van der Waals surface area contributed by atoms with E-state index in [0.717, 1.165) is 32.8 Å². The van der Waals surface area contributed by atoms with Crippen LogP contribution in [-0.2, 0) is 9.47 Å². The maximum atomic E-state index is 5.60. The summed E-state index contributed by atoms with van der Waals surface area (Å²) in [5, 5.41) is 3.50. The molecular weight excluding hydrogens is 166 g/mol. The van der Waals surface area contributed by atoms with Gasteiger partial charge in [0.05, 0.1) is 12.7 Å². The van der Waals surface area contributed by atoms with Crippen LogP contribution in [0.1, 0.15) is 26.7 Å². The number of hydrogen-bond acceptors (Lipinski definition) is 3. The van der Waals surface area contributed by atoms with Gasteiger partial charge in [0.15, 0.2) is 0 Å². The summed E-state index contributed by atoms with van der Waals surface area (Å²) < 4.78 is 11.0. The largest absolute Gasteiger partial charge is 0.379 e. The van der Waals surface area contributed by atoms with Crippen molar-refractivity contribution in [1.29, 1.82) is 0 Å². The Morgan fingerprint density at radius 1 is 1.46 bits per heavy atom. The molecule has 1 heterocycles. The maximum Gasteiger partial charge on any atom is 0.0961 e. The molecule has 0 aromatic carbocycles. The predicted molar refractivity (Wildman–Crippen MR) is 52.9 cm³/mol. The van der Waals surface area contributed by atoms with Gasteiger partial charge in [0.1, 0.15) is 0 Å². The van der Waals surface area contributed by atoms with Crippen molar-refractivity contribution in [2.75, 3.05) is 26.4 Å². The first-order valence-corrected chi connectivity index (χ1v) is 5.31. The van der Waals surface area contributed by atoms with Crippen LogP contribution in [0.5, 0.6) is 0 Å². The standard InChI is InChI=1S/C10H21NO2/c1-3-6-11-9-5-7-12-8-10(9)13-4-2/h9-11H,3-8H2,1-2H3. The zero-order valence-electron chi connectivity index (χ0n) is 8.71. The third-order valence-corrected chi connectivity index (χ3v) is 2.34. The summed E-state index contributed by atoms with van der Waals surface area (Å²) in [6, 6.07) is 0.494. The maximum absolute atomic E-state index is 5.60. The fourth-order valence-corrected chi connectivity index (χ4v) is 1.65. The van der Waals surface area contributed by atoms with Crippen molar-refractivity contribution >= 4 is 0 Å². The summed E-state index contributed by atoms with van der Waals surface area (Å²) >= 11 is 0. The van der Waals surface area contributed by atoms with E-state index >= 15 is 0 Å². The first kappa shape index (κ1) is 11.0. The lowest BCUT2D eigenvalue weighted by atomic mass is 10.1. The van der Waals surface area contributed by atoms with Crippen molar-refractivity contribution < 1.29 is 9.47 Å². The third-order valence-electron chi connectivity index (χ3n) is 2.34. The van der Waals surface area contributed by atoms with E-state index in [1.54, 1.807) is 0 Å². The van der Waals surface area contributed by atoms with Gasteiger partial charge in [-0.2, -0.15) is 0 Å². The van der Waals surface area contributed by atoms with Crippen LogP contribution in [0.15, 0.2) is 0 Å². The zero-order valence-corrected chi connectivity index (χ0v) is 8.71. The van der Waals surface area contributed by atoms with Gasteiger partial charge >= 0.3 is 0 Å². The van der Waals surface area contributed by atoms with Gasteiger partial charge in [0.25, 0.3) is 0 Å². The van der Waals surface area contributed by atoms with Crippen LogP contribution in [0.25, 0.3) is 0 Å². The van der Waals surface area contributed by atoms with Gasteiger partial charge in [-0.25, -0.2) is 0 Å². The molecule has 2 unspecified atom stereocenters. The van der Waals surface area contributed by atoms with Gasteiger partial charge in [0.2, 0.25) is 0 Å². The van der Waals surface area contributed by atoms with E-state index in [-0.39, 0.29) is 6.10 Å². The Hall–Kier alpha value is -0.120. The second-order valence-corrected chi connectivity index (χ2v) is 3.42. The van der Waals surface area contributed by atoms with Crippen molar-refractivity contribution in [3.05, 3.63) is 0 Å². The number of nitrogens with one attached hydrogen (secondary N) is 1. The highest BCUT2D eigenvalue weighted by Crippen LogP contribution is 2.11. The van der Waals surface area contributed by atoms with E-state index in [9.17, 15) is 0 Å². The normalized spacial score (nSPS) is 29.1. The van der Waals surface area contributed by atoms with Crippen molar-refractivity contribution in [1.82, 2.24) is 5.32 Å². The second-order valence-electron chi connectivity index (χ2n) is 3.42. The van der Waals surface area contributed by atoms with Gasteiger partial charge in [-0.3, -0.25) is 0 Å². The minimum atomic E-state index is 0.255. The molecule has 13 heavy (non-hydrogen) atoms. The van der Waals surface area contributed by atoms with Crippen LogP contribution >= 0.6 is 0 Å². The van der Waals surface area contributed by atoms with Crippen LogP contribution in [0.4, 0.5) is 0 Å². The highest BCUT2D eigenvalue weighted by Gasteiger charge is 2.24. The average Bonchev–Trinajstić information content (AvgIpc) is 2.17. The van der Waals surface area contributed by atoms with Crippen LogP contribution in [0.2, 0.25) is 0 Å². The van der Waals surface area contributed by atoms with E-state index in [1.807, 2.05) is 6.92 Å². The van der Waals surface area contributed by atoms with Crippen LogP contribution in [0.3, 0.4) is 0 Å². The van der Waals surface area contributed by atoms with Crippen molar-refractivity contribution in [2.45, 2.75) is 38.8 Å². The molecule has 1 rings (SSSR count). The number of hydrogen-bond donors (Lipinski definition) is 1. The third kappa shape index (κ3) is 3.63. The lowest BCUT2D eigenvalue weighted by Gasteiger charge is -2.31. The molecule has 3 heteroatoms. The summed E-state index contributed by atoms with van der Waals surface area (Å²) in [7, 11) is 0. The fourth-order valence-electron chi connectivity index (χ4n) is 1.65. The molecule has 0 aromatic heterocycles. The Bertz CT molecular complexity index is 128. The summed E-state index contributed by atoms with van der Waals surface area (Å²) in [5.74, 6) is 0. The first-order chi connectivity index (χ1) is 6.38. The summed E-state index contributed by atoms with van der Waals surface area (Å²) in [6.07, 6.45) is 2.51. The van der Waals surface area contributed by atoms with E-state index in [2.05, 4.69) is 12.2 Å². The Kier molecular flexibility index (Phi) is 5.35. The van der Waals surface area contributed by atoms with Crippen molar-refractivity contribution in [3.63, 3.8) is 0 Å². The highest BCUT2D eigenvalue weighted by atomic mass is 16.5. The summed E-state index contributed by atoms with van der Waals surface area (Å²) in [5.41, 5.74) is 0. The number of ether oxygens (including phenoxy) is 2. The van der Waals surface area contributed by atoms with Gasteiger partial charge < -0.3 is 14.8 Å². The minimum Gasteiger partial charge on any atom is -0.379 e. The van der Waals surface area contributed by atoms with Crippen molar-refractivity contribution in [2.24, 2.45) is 0 Å². The monoisotopic (exact) mass is 187 g/mol. The van der Waals surface area contributed by atoms with Gasteiger partial charge in [-0.05, 0) is 26.3 Å². The van der Waals surface area contributed by atoms with Gasteiger partial charge in [0, 0.05) is 19.3 Å². The topological polar surface area (TPSA) is 30.5 Å². The smallest absolute Gasteiger partial charge is 0.0961 e. The average molecular weight is 187 g/mol. The molecule has 1 fully saturated rings. The predicted octanol–water partition coefficient (Wildman–Crippen LogP) is 1.18. The molecule has 3 nitrogen and oxygen atoms in total. The molecule has 78 valence electrons. The molecule has 0 aromatic rings. The SMILES string of the molecule is CCCNC1CCOCC1OCC. The molecule has 0 bridgehead atoms. The Morgan fingerprint density at radius 3 is 3.00 bits per heavy atom. The minimum absolute atomic E-state index is 0.255. The molecule has 0 amide bonds. The molecule has 1 aliphatic rings. The number of rotatable bonds is 5. The molecule has 1 saturated heterocycles. The Balaban J connectivity index is 2.28. The fraction of sp³-hybridized carbons (Fsp3) is 1.00. The molecule has 1 N–H and O–H groups in total. The Morgan fingerprint density at radius 2 is 2.31 bits per heavy atom. The van der Waals surface area contributed by atoms with Gasteiger partial charge in [-0.15, -0.1) is 0 Å². The van der Waals surface area contributed by atoms with E-state index in [1.165, 1.54) is 6.42 Å². The lowest BCUT2D eigenvalue weighted by molar-refractivity contribution is -0.0650. The summed E-state index contributed by atoms with van der Waals surface area (Å²) in [4.78, 5) is 0. The molecule has 0 spiro atoms. The zero-order chi connectivity index (χ0) is 9.52. The van der Waals surface area contributed by atoms with Gasteiger partial charge in [-0.1, -0.05) is 6.92 Å². The molecule has 2 atom stereocenters. The van der Waals surface area contributed by atoms with E-state index in [4.69, 9.17) is 9.47 Å². The highest BCUT2D eigenvalue weighted by molar-refractivity contribution is 4.80. The van der Waals surface area contributed by atoms with Crippen LogP contribution in [0, 0.1) is 0 Å². The quantitative estimate of drug-likeness (QED) is 0.701. The molecule has 0 radical (unpaired) electrons. The first-order valence-electron chi connectivity index (χ1n) is 5.31. The van der Waals surface area contributed by atoms with Crippen molar-refractivity contribution in [3.8, 4) is 0 Å². The summed E-state index contributed by atoms with van der Waals surface area (Å²) in [6.45, 7) is 7.68. The van der Waals surface area contributed by atoms with E-state index in [0.29, 0.717) is 6.04 Å². The molecule has 0 saturated carbocycles. The molecule has 0 aliphatic carbocycles. The molecular formula is C10H21NO2. The van der Waals surface area contributed by atoms with Crippen LogP contribution < -0.4 is 5.32 Å². The lowest BCUT2D eigenvalue weighted by Crippen LogP contribution is -2.48. The molecule has 1 aliphatic heterocycles. The Labute approximate surface area is 80.8 Å². The van der Waals surface area contributed by atoms with E-state index < -0.39 is 0 Å². The van der Waals surface area contributed by atoms with Crippen LogP contribution in [-0.4, -0.2) is 38.5 Å². The second kappa shape index (κ2) is 6.35.